The molecular formula is C12H11BrN2O3. The van der Waals surface area contributed by atoms with Crippen molar-refractivity contribution in [3.8, 4) is 23.0 Å². The Morgan fingerprint density at radius 1 is 1.44 bits per heavy atom. The molecule has 0 unspecified atom stereocenters. The van der Waals surface area contributed by atoms with Gasteiger partial charge in [0, 0.05) is 5.56 Å². The summed E-state index contributed by atoms with van der Waals surface area (Å²) in [6, 6.07) is 5.37. The molecule has 0 fully saturated rings. The normalized spacial score (nSPS) is 10.4. The highest BCUT2D eigenvalue weighted by Gasteiger charge is 2.10. The topological polar surface area (TPSA) is 75.2 Å². The van der Waals surface area contributed by atoms with Crippen LogP contribution in [0, 0.1) is 6.92 Å². The van der Waals surface area contributed by atoms with E-state index < -0.39 is 5.56 Å². The van der Waals surface area contributed by atoms with Crippen LogP contribution in [0.1, 0.15) is 5.56 Å². The molecule has 5 nitrogen and oxygen atoms in total. The van der Waals surface area contributed by atoms with Gasteiger partial charge in [0.2, 0.25) is 5.88 Å². The van der Waals surface area contributed by atoms with Gasteiger partial charge in [-0.2, -0.15) is 4.98 Å². The average Bonchev–Trinajstić information content (AvgIpc) is 2.35. The van der Waals surface area contributed by atoms with Crippen LogP contribution in [0.2, 0.25) is 0 Å². The monoisotopic (exact) mass is 310 g/mol. The number of halogens is 1. The fraction of sp³-hybridized carbons (Fsp3) is 0.167. The van der Waals surface area contributed by atoms with Crippen LogP contribution in [0.4, 0.5) is 0 Å². The molecule has 0 spiro atoms. The Balaban J connectivity index is 2.56. The molecule has 0 aliphatic heterocycles. The minimum absolute atomic E-state index is 0.0245. The first-order chi connectivity index (χ1) is 8.52. The van der Waals surface area contributed by atoms with Crippen molar-refractivity contribution in [3.05, 3.63) is 38.6 Å². The van der Waals surface area contributed by atoms with Gasteiger partial charge in [-0.25, -0.2) is 0 Å². The number of ether oxygens (including phenoxy) is 1. The van der Waals surface area contributed by atoms with Crippen molar-refractivity contribution < 1.29 is 9.84 Å². The van der Waals surface area contributed by atoms with E-state index in [9.17, 15) is 9.90 Å². The number of nitrogens with zero attached hydrogens (tertiary/aromatic N) is 1. The van der Waals surface area contributed by atoms with E-state index in [4.69, 9.17) is 4.74 Å². The van der Waals surface area contributed by atoms with Gasteiger partial charge >= 0.3 is 0 Å². The lowest BCUT2D eigenvalue weighted by atomic mass is 10.1. The molecule has 0 bridgehead atoms. The number of aromatic hydroxyl groups is 1. The molecule has 0 radical (unpaired) electrons. The number of aromatic amines is 1. The Labute approximate surface area is 112 Å². The molecule has 0 aliphatic rings. The first-order valence-corrected chi connectivity index (χ1v) is 5.96. The third-order valence-electron chi connectivity index (χ3n) is 2.51. The highest BCUT2D eigenvalue weighted by molar-refractivity contribution is 9.10. The molecule has 1 aromatic heterocycles. The van der Waals surface area contributed by atoms with Crippen molar-refractivity contribution in [2.75, 3.05) is 7.11 Å². The van der Waals surface area contributed by atoms with Crippen LogP contribution in [-0.4, -0.2) is 22.2 Å². The number of nitrogens with one attached hydrogen (secondary N) is 1. The molecule has 0 atom stereocenters. The predicted molar refractivity (Wildman–Crippen MR) is 70.9 cm³/mol. The summed E-state index contributed by atoms with van der Waals surface area (Å²) in [6.07, 6.45) is 0. The number of benzene rings is 1. The molecule has 0 saturated carbocycles. The Morgan fingerprint density at radius 2 is 2.17 bits per heavy atom. The van der Waals surface area contributed by atoms with Crippen molar-refractivity contribution in [2.24, 2.45) is 0 Å². The van der Waals surface area contributed by atoms with Gasteiger partial charge in [0.25, 0.3) is 5.56 Å². The summed E-state index contributed by atoms with van der Waals surface area (Å²) in [5.41, 5.74) is 1.19. The third-order valence-corrected chi connectivity index (χ3v) is 3.23. The molecule has 1 heterocycles. The highest BCUT2D eigenvalue weighted by atomic mass is 79.9. The summed E-state index contributed by atoms with van der Waals surface area (Å²) in [4.78, 5) is 18.0. The molecule has 0 amide bonds. The van der Waals surface area contributed by atoms with Gasteiger partial charge in [0.1, 0.15) is 16.0 Å². The number of hydrogen-bond donors (Lipinski definition) is 2. The smallest absolute Gasteiger partial charge is 0.269 e. The average molecular weight is 311 g/mol. The van der Waals surface area contributed by atoms with Crippen molar-refractivity contribution in [3.63, 3.8) is 0 Å². The van der Waals surface area contributed by atoms with E-state index in [1.807, 2.05) is 13.0 Å². The van der Waals surface area contributed by atoms with E-state index in [1.54, 1.807) is 19.2 Å². The summed E-state index contributed by atoms with van der Waals surface area (Å²) >= 11 is 2.95. The Bertz CT molecular complexity index is 652. The van der Waals surface area contributed by atoms with Crippen molar-refractivity contribution >= 4 is 15.9 Å². The minimum Gasteiger partial charge on any atom is -0.496 e. The number of methoxy groups -OCH3 is 1. The lowest BCUT2D eigenvalue weighted by Gasteiger charge is -2.07. The van der Waals surface area contributed by atoms with E-state index in [2.05, 4.69) is 25.9 Å². The second-order valence-corrected chi connectivity index (χ2v) is 4.53. The summed E-state index contributed by atoms with van der Waals surface area (Å²) in [6.45, 7) is 1.89. The molecule has 0 aliphatic carbocycles. The summed E-state index contributed by atoms with van der Waals surface area (Å²) in [7, 11) is 1.59. The Hall–Kier alpha value is -1.82. The number of H-pyrrole nitrogens is 1. The van der Waals surface area contributed by atoms with Crippen LogP contribution in [0.5, 0.6) is 11.6 Å². The predicted octanol–water partition coefficient (Wildman–Crippen LogP) is 2.22. The highest BCUT2D eigenvalue weighted by Crippen LogP contribution is 2.25. The van der Waals surface area contributed by atoms with Gasteiger partial charge in [0.15, 0.2) is 0 Å². The molecule has 18 heavy (non-hydrogen) atoms. The Morgan fingerprint density at radius 3 is 2.72 bits per heavy atom. The standard InChI is InChI=1S/C12H11BrN2O3/c1-6-5-7(3-4-8(6)18-2)10-14-11(16)9(13)12(17)15-10/h3-5H,1-2H3,(H2,14,15,16,17). The van der Waals surface area contributed by atoms with E-state index in [1.165, 1.54) is 0 Å². The zero-order chi connectivity index (χ0) is 13.3. The SMILES string of the molecule is COc1ccc(-c2nc(O)c(Br)c(=O)[nH]2)cc1C. The quantitative estimate of drug-likeness (QED) is 0.892. The van der Waals surface area contributed by atoms with Gasteiger partial charge < -0.3 is 14.8 Å². The molecular weight excluding hydrogens is 300 g/mol. The van der Waals surface area contributed by atoms with Gasteiger partial charge in [-0.1, -0.05) is 0 Å². The fourth-order valence-electron chi connectivity index (χ4n) is 1.61. The lowest BCUT2D eigenvalue weighted by molar-refractivity contribution is 0.412. The second kappa shape index (κ2) is 4.81. The van der Waals surface area contributed by atoms with Crippen molar-refractivity contribution in [2.45, 2.75) is 6.92 Å². The van der Waals surface area contributed by atoms with E-state index in [-0.39, 0.29) is 10.4 Å². The van der Waals surface area contributed by atoms with E-state index in [0.717, 1.165) is 11.3 Å². The van der Waals surface area contributed by atoms with Crippen LogP contribution in [0.25, 0.3) is 11.4 Å². The lowest BCUT2D eigenvalue weighted by Crippen LogP contribution is -2.09. The molecule has 1 aromatic carbocycles. The van der Waals surface area contributed by atoms with Crippen LogP contribution in [0.15, 0.2) is 27.5 Å². The number of rotatable bonds is 2. The van der Waals surface area contributed by atoms with Crippen LogP contribution in [0.3, 0.4) is 0 Å². The van der Waals surface area contributed by atoms with Crippen LogP contribution in [-0.2, 0) is 0 Å². The maximum absolute atomic E-state index is 11.5. The molecule has 6 heteroatoms. The zero-order valence-electron chi connectivity index (χ0n) is 9.82. The summed E-state index contributed by atoms with van der Waals surface area (Å²) in [5, 5.41) is 9.51. The van der Waals surface area contributed by atoms with Crippen molar-refractivity contribution in [1.82, 2.24) is 9.97 Å². The first kappa shape index (κ1) is 12.6. The van der Waals surface area contributed by atoms with Gasteiger partial charge in [0.05, 0.1) is 7.11 Å². The number of aromatic nitrogens is 2. The van der Waals surface area contributed by atoms with E-state index >= 15 is 0 Å². The minimum atomic E-state index is -0.425. The molecule has 2 aromatic rings. The van der Waals surface area contributed by atoms with Crippen molar-refractivity contribution in [1.29, 1.82) is 0 Å². The number of hydrogen-bond acceptors (Lipinski definition) is 4. The van der Waals surface area contributed by atoms with Gasteiger partial charge in [-0.05, 0) is 46.6 Å². The molecule has 2 rings (SSSR count). The first-order valence-electron chi connectivity index (χ1n) is 5.16. The largest absolute Gasteiger partial charge is 0.496 e. The maximum atomic E-state index is 11.5. The van der Waals surface area contributed by atoms with Gasteiger partial charge in [-0.3, -0.25) is 4.79 Å². The third kappa shape index (κ3) is 2.24. The van der Waals surface area contributed by atoms with E-state index in [0.29, 0.717) is 11.4 Å². The zero-order valence-corrected chi connectivity index (χ0v) is 11.4. The summed E-state index contributed by atoms with van der Waals surface area (Å²) in [5.74, 6) is 0.733. The van der Waals surface area contributed by atoms with Gasteiger partial charge in [-0.15, -0.1) is 0 Å². The maximum Gasteiger partial charge on any atom is 0.269 e. The van der Waals surface area contributed by atoms with Crippen LogP contribution >= 0.6 is 15.9 Å². The number of aryl methyl sites for hydroxylation is 1. The van der Waals surface area contributed by atoms with Crippen LogP contribution < -0.4 is 10.3 Å². The molecule has 0 saturated heterocycles. The molecule has 2 N–H and O–H groups in total. The Kier molecular flexibility index (Phi) is 3.38. The second-order valence-electron chi connectivity index (χ2n) is 3.74. The summed E-state index contributed by atoms with van der Waals surface area (Å²) < 4.78 is 5.18. The molecule has 94 valence electrons. The fourth-order valence-corrected chi connectivity index (χ4v) is 1.80.